The highest BCUT2D eigenvalue weighted by Crippen LogP contribution is 2.26. The van der Waals surface area contributed by atoms with E-state index >= 15 is 0 Å². The van der Waals surface area contributed by atoms with Gasteiger partial charge in [0.05, 0.1) is 11.8 Å². The lowest BCUT2D eigenvalue weighted by atomic mass is 9.93. The summed E-state index contributed by atoms with van der Waals surface area (Å²) in [6.45, 7) is 3.52. The molecule has 2 heterocycles. The molecule has 2 saturated heterocycles. The van der Waals surface area contributed by atoms with Crippen LogP contribution in [0.5, 0.6) is 5.75 Å². The van der Waals surface area contributed by atoms with Crippen LogP contribution in [0.2, 0.25) is 0 Å². The van der Waals surface area contributed by atoms with Crippen LogP contribution in [-0.4, -0.2) is 38.3 Å². The van der Waals surface area contributed by atoms with Gasteiger partial charge >= 0.3 is 0 Å². The fraction of sp³-hybridized carbons (Fsp3) is 0.650. The SMILES string of the molecule is Cl.O=C(CCC1CCNCC1)Nc1ccccc1OCC1CCCCO1. The summed E-state index contributed by atoms with van der Waals surface area (Å²) in [5.41, 5.74) is 0.758. The lowest BCUT2D eigenvalue weighted by Gasteiger charge is -2.23. The van der Waals surface area contributed by atoms with Gasteiger partial charge in [-0.25, -0.2) is 0 Å². The fourth-order valence-electron chi connectivity index (χ4n) is 3.54. The highest BCUT2D eigenvalue weighted by atomic mass is 35.5. The van der Waals surface area contributed by atoms with E-state index in [2.05, 4.69) is 10.6 Å². The number of benzene rings is 1. The minimum atomic E-state index is 0. The molecule has 0 radical (unpaired) electrons. The molecule has 5 nitrogen and oxygen atoms in total. The predicted molar refractivity (Wildman–Crippen MR) is 106 cm³/mol. The van der Waals surface area contributed by atoms with E-state index in [-0.39, 0.29) is 24.4 Å². The second-order valence-electron chi connectivity index (χ2n) is 7.08. The van der Waals surface area contributed by atoms with Gasteiger partial charge in [-0.3, -0.25) is 4.79 Å². The molecule has 146 valence electrons. The van der Waals surface area contributed by atoms with Gasteiger partial charge in [0.25, 0.3) is 0 Å². The maximum atomic E-state index is 12.3. The lowest BCUT2D eigenvalue weighted by molar-refractivity contribution is -0.116. The summed E-state index contributed by atoms with van der Waals surface area (Å²) in [6.07, 6.45) is 7.44. The summed E-state index contributed by atoms with van der Waals surface area (Å²) >= 11 is 0. The first-order valence-electron chi connectivity index (χ1n) is 9.65. The van der Waals surface area contributed by atoms with Crippen molar-refractivity contribution in [3.63, 3.8) is 0 Å². The van der Waals surface area contributed by atoms with Crippen molar-refractivity contribution in [1.82, 2.24) is 5.32 Å². The van der Waals surface area contributed by atoms with E-state index in [9.17, 15) is 4.79 Å². The van der Waals surface area contributed by atoms with Crippen molar-refractivity contribution >= 4 is 24.0 Å². The van der Waals surface area contributed by atoms with E-state index in [0.29, 0.717) is 18.9 Å². The largest absolute Gasteiger partial charge is 0.489 e. The van der Waals surface area contributed by atoms with Gasteiger partial charge in [0, 0.05) is 13.0 Å². The van der Waals surface area contributed by atoms with Crippen LogP contribution in [0, 0.1) is 5.92 Å². The average molecular weight is 383 g/mol. The Labute approximate surface area is 162 Å². The smallest absolute Gasteiger partial charge is 0.224 e. The zero-order valence-corrected chi connectivity index (χ0v) is 16.2. The molecule has 2 fully saturated rings. The number of nitrogens with one attached hydrogen (secondary N) is 2. The number of ether oxygens (including phenoxy) is 2. The second kappa shape index (κ2) is 11.4. The van der Waals surface area contributed by atoms with E-state index in [1.165, 1.54) is 19.3 Å². The summed E-state index contributed by atoms with van der Waals surface area (Å²) in [5, 5.41) is 6.38. The minimum absolute atomic E-state index is 0. The number of para-hydroxylation sites is 2. The van der Waals surface area contributed by atoms with Crippen LogP contribution in [0.1, 0.15) is 44.9 Å². The molecule has 1 aromatic carbocycles. The van der Waals surface area contributed by atoms with Crippen LogP contribution in [0.25, 0.3) is 0 Å². The molecule has 6 heteroatoms. The summed E-state index contributed by atoms with van der Waals surface area (Å²) in [4.78, 5) is 12.3. The van der Waals surface area contributed by atoms with Crippen molar-refractivity contribution in [3.05, 3.63) is 24.3 Å². The van der Waals surface area contributed by atoms with Gasteiger partial charge in [-0.15, -0.1) is 12.4 Å². The first-order chi connectivity index (χ1) is 12.3. The topological polar surface area (TPSA) is 59.6 Å². The number of halogens is 1. The Morgan fingerprint density at radius 1 is 1.19 bits per heavy atom. The van der Waals surface area contributed by atoms with Crippen molar-refractivity contribution in [2.24, 2.45) is 5.92 Å². The molecule has 1 aromatic rings. The molecular weight excluding hydrogens is 352 g/mol. The Balaban J connectivity index is 0.00000243. The summed E-state index contributed by atoms with van der Waals surface area (Å²) in [5.74, 6) is 1.47. The van der Waals surface area contributed by atoms with E-state index in [0.717, 1.165) is 50.4 Å². The van der Waals surface area contributed by atoms with Crippen LogP contribution in [0.4, 0.5) is 5.69 Å². The molecule has 0 bridgehead atoms. The van der Waals surface area contributed by atoms with Gasteiger partial charge in [-0.2, -0.15) is 0 Å². The number of carbonyl (C=O) groups excluding carboxylic acids is 1. The summed E-state index contributed by atoms with van der Waals surface area (Å²) in [7, 11) is 0. The Morgan fingerprint density at radius 3 is 2.77 bits per heavy atom. The van der Waals surface area contributed by atoms with Crippen LogP contribution in [0.3, 0.4) is 0 Å². The van der Waals surface area contributed by atoms with Crippen LogP contribution in [-0.2, 0) is 9.53 Å². The summed E-state index contributed by atoms with van der Waals surface area (Å²) in [6, 6.07) is 7.67. The van der Waals surface area contributed by atoms with Crippen molar-refractivity contribution in [2.75, 3.05) is 31.6 Å². The number of carbonyl (C=O) groups is 1. The van der Waals surface area contributed by atoms with Gasteiger partial charge in [0.1, 0.15) is 12.4 Å². The summed E-state index contributed by atoms with van der Waals surface area (Å²) < 4.78 is 11.6. The molecule has 26 heavy (non-hydrogen) atoms. The molecule has 2 N–H and O–H groups in total. The van der Waals surface area contributed by atoms with E-state index < -0.39 is 0 Å². The zero-order valence-electron chi connectivity index (χ0n) is 15.4. The highest BCUT2D eigenvalue weighted by molar-refractivity contribution is 5.92. The van der Waals surface area contributed by atoms with Gasteiger partial charge in [0.15, 0.2) is 0 Å². The van der Waals surface area contributed by atoms with Crippen molar-refractivity contribution in [2.45, 2.75) is 51.0 Å². The second-order valence-corrected chi connectivity index (χ2v) is 7.08. The fourth-order valence-corrected chi connectivity index (χ4v) is 3.54. The van der Waals surface area contributed by atoms with Crippen molar-refractivity contribution < 1.29 is 14.3 Å². The standard InChI is InChI=1S/C20H30N2O3.ClH/c23-20(9-8-16-10-12-21-13-11-16)22-18-6-1-2-7-19(18)25-15-17-5-3-4-14-24-17;/h1-2,6-7,16-17,21H,3-5,8-15H2,(H,22,23);1H. The third-order valence-electron chi connectivity index (χ3n) is 5.10. The van der Waals surface area contributed by atoms with Crippen LogP contribution >= 0.6 is 12.4 Å². The third kappa shape index (κ3) is 6.78. The number of hydrogen-bond donors (Lipinski definition) is 2. The number of piperidine rings is 1. The molecule has 2 aliphatic heterocycles. The lowest BCUT2D eigenvalue weighted by Crippen LogP contribution is -2.28. The molecule has 3 rings (SSSR count). The van der Waals surface area contributed by atoms with Gasteiger partial charge in [-0.1, -0.05) is 12.1 Å². The first kappa shape index (κ1) is 21.0. The number of hydrogen-bond acceptors (Lipinski definition) is 4. The Bertz CT molecular complexity index is 544. The Hall–Kier alpha value is -1.30. The van der Waals surface area contributed by atoms with Crippen LogP contribution in [0.15, 0.2) is 24.3 Å². The molecule has 0 saturated carbocycles. The monoisotopic (exact) mass is 382 g/mol. The van der Waals surface area contributed by atoms with Crippen molar-refractivity contribution in [1.29, 1.82) is 0 Å². The molecule has 0 aliphatic carbocycles. The number of anilines is 1. The molecule has 1 atom stereocenters. The minimum Gasteiger partial charge on any atom is -0.489 e. The van der Waals surface area contributed by atoms with E-state index in [1.807, 2.05) is 24.3 Å². The number of rotatable bonds is 7. The zero-order chi connectivity index (χ0) is 17.3. The third-order valence-corrected chi connectivity index (χ3v) is 5.10. The van der Waals surface area contributed by atoms with Gasteiger partial charge < -0.3 is 20.1 Å². The number of amides is 1. The average Bonchev–Trinajstić information content (AvgIpc) is 2.67. The predicted octanol–water partition coefficient (Wildman–Crippen LogP) is 3.77. The maximum absolute atomic E-state index is 12.3. The highest BCUT2D eigenvalue weighted by Gasteiger charge is 2.17. The molecule has 1 amide bonds. The van der Waals surface area contributed by atoms with E-state index in [1.54, 1.807) is 0 Å². The maximum Gasteiger partial charge on any atom is 0.224 e. The van der Waals surface area contributed by atoms with Gasteiger partial charge in [-0.05, 0) is 69.7 Å². The quantitative estimate of drug-likeness (QED) is 0.753. The molecule has 2 aliphatic rings. The molecule has 1 unspecified atom stereocenters. The first-order valence-corrected chi connectivity index (χ1v) is 9.65. The Morgan fingerprint density at radius 2 is 2.00 bits per heavy atom. The normalized spacial score (nSPS) is 20.8. The molecule has 0 spiro atoms. The Kier molecular flexibility index (Phi) is 9.23. The van der Waals surface area contributed by atoms with Gasteiger partial charge in [0.2, 0.25) is 5.91 Å². The van der Waals surface area contributed by atoms with Crippen LogP contribution < -0.4 is 15.4 Å². The molecule has 0 aromatic heterocycles. The molecular formula is C20H31ClN2O3. The van der Waals surface area contributed by atoms with E-state index in [4.69, 9.17) is 9.47 Å². The van der Waals surface area contributed by atoms with Crippen molar-refractivity contribution in [3.8, 4) is 5.75 Å².